The molecule has 2 heterocycles. The first-order chi connectivity index (χ1) is 24.7. The number of hydrogen-bond donors (Lipinski definition) is 2. The Kier molecular flexibility index (Phi) is 20.8. The molecule has 0 bridgehead atoms. The fraction of sp³-hybridized carbons (Fsp3) is 0.889. The van der Waals surface area contributed by atoms with Crippen LogP contribution in [0.25, 0.3) is 0 Å². The van der Waals surface area contributed by atoms with Gasteiger partial charge in [0, 0.05) is 66.0 Å². The maximum Gasteiger partial charge on any atom is 0.303 e. The van der Waals surface area contributed by atoms with Crippen molar-refractivity contribution in [3.63, 3.8) is 0 Å². The van der Waals surface area contributed by atoms with E-state index in [0.29, 0.717) is 32.7 Å². The number of unbranched alkanes of at least 4 members (excludes halogenated alkanes) is 3. The number of hydrogen-bond acceptors (Lipinski definition) is 14. The van der Waals surface area contributed by atoms with E-state index in [1.807, 2.05) is 36.4 Å². The molecule has 12 atom stereocenters. The van der Waals surface area contributed by atoms with Gasteiger partial charge >= 0.3 is 17.9 Å². The number of nitrogens with two attached hydrogens (primary N) is 1. The zero-order chi connectivity index (χ0) is 39.0. The van der Waals surface area contributed by atoms with Gasteiger partial charge in [0.2, 0.25) is 0 Å². The Labute approximate surface area is 322 Å². The average Bonchev–Trinajstić information content (AvgIpc) is 3.09. The number of primary amides is 1. The fourth-order valence-corrected chi connectivity index (χ4v) is 7.80. The lowest BCUT2D eigenvalue weighted by Gasteiger charge is -2.54. The third-order valence-corrected chi connectivity index (χ3v) is 11.0. The van der Waals surface area contributed by atoms with Crippen LogP contribution in [0.15, 0.2) is 0 Å². The summed E-state index contributed by atoms with van der Waals surface area (Å²) in [4.78, 5) is 50.3. The van der Waals surface area contributed by atoms with Crippen LogP contribution in [-0.2, 0) is 61.8 Å². The van der Waals surface area contributed by atoms with E-state index in [4.69, 9.17) is 48.4 Å². The number of rotatable bonds is 23. The summed E-state index contributed by atoms with van der Waals surface area (Å²) in [6.07, 6.45) is -3.81. The molecule has 0 aromatic carbocycles. The second-order valence-corrected chi connectivity index (χ2v) is 15.0. The summed E-state index contributed by atoms with van der Waals surface area (Å²) >= 11 is 1.99. The predicted octanol–water partition coefficient (Wildman–Crippen LogP) is 3.40. The van der Waals surface area contributed by atoms with Crippen molar-refractivity contribution in [3.05, 3.63) is 0 Å². The summed E-state index contributed by atoms with van der Waals surface area (Å²) in [5.41, 5.74) is 4.04. The van der Waals surface area contributed by atoms with Gasteiger partial charge in [-0.1, -0.05) is 69.5 Å². The Morgan fingerprint density at radius 1 is 0.923 bits per heavy atom. The van der Waals surface area contributed by atoms with Crippen LogP contribution in [0.3, 0.4) is 0 Å². The number of carbonyl (C=O) groups is 4. The Bertz CT molecular complexity index is 1110. The van der Waals surface area contributed by atoms with Gasteiger partial charge in [-0.2, -0.15) is 0 Å². The number of alkyl halides is 1. The molecule has 6 unspecified atom stereocenters. The second kappa shape index (κ2) is 23.3. The van der Waals surface area contributed by atoms with Crippen molar-refractivity contribution in [3.8, 4) is 0 Å². The number of methoxy groups -OCH3 is 1. The topological polar surface area (TPSA) is 198 Å². The summed E-state index contributed by atoms with van der Waals surface area (Å²) in [5.74, 6) is -4.50. The van der Waals surface area contributed by atoms with Crippen molar-refractivity contribution in [2.24, 2.45) is 17.6 Å². The Morgan fingerprint density at radius 3 is 2.04 bits per heavy atom. The Balaban J connectivity index is 2.77. The highest BCUT2D eigenvalue weighted by Gasteiger charge is 2.63. The quantitative estimate of drug-likeness (QED) is 0.0499. The first kappa shape index (κ1) is 46.5. The van der Waals surface area contributed by atoms with Gasteiger partial charge in [0.1, 0.15) is 37.1 Å². The largest absolute Gasteiger partial charge is 0.462 e. The van der Waals surface area contributed by atoms with Crippen molar-refractivity contribution in [2.75, 3.05) is 40.1 Å². The molecule has 0 saturated carbocycles. The highest BCUT2D eigenvalue weighted by atomic mass is 127. The molecular formula is C36H62INO14. The minimum Gasteiger partial charge on any atom is -0.462 e. The number of ether oxygens (including phenoxy) is 9. The molecule has 52 heavy (non-hydrogen) atoms. The molecule has 3 N–H and O–H groups in total. The van der Waals surface area contributed by atoms with Crippen molar-refractivity contribution in [1.29, 1.82) is 0 Å². The average molecular weight is 860 g/mol. The third-order valence-electron chi connectivity index (χ3n) is 9.44. The minimum absolute atomic E-state index is 0.109. The number of halogens is 1. The highest BCUT2D eigenvalue weighted by Crippen LogP contribution is 2.46. The summed E-state index contributed by atoms with van der Waals surface area (Å²) in [6, 6.07) is 0. The van der Waals surface area contributed by atoms with E-state index >= 15 is 0 Å². The van der Waals surface area contributed by atoms with Gasteiger partial charge in [-0.15, -0.1) is 0 Å². The van der Waals surface area contributed by atoms with Crippen molar-refractivity contribution in [1.82, 2.24) is 0 Å². The molecule has 2 saturated heterocycles. The van der Waals surface area contributed by atoms with Gasteiger partial charge in [0.15, 0.2) is 11.9 Å². The lowest BCUT2D eigenvalue weighted by molar-refractivity contribution is -0.325. The molecule has 2 aliphatic rings. The standard InChI is InChI=1S/C36H62INO14/c1-9-12-15-45-19-27-31(46-16-13-10-2)28(32(34(44-8)51-27)47-17-14-11-3)33(42)36(35(38)43)18-25(49-23(6)40)21(4)30(52-36)29(37)26(50-24(7)41)20-48-22(5)39/h21,25-34,42H,9-20H2,1-8H3,(H2,38,43)/t21-,25-,26?,27?,28+,29?,30?,31+,32?,33?,34-,36+/m1/s1. The van der Waals surface area contributed by atoms with Gasteiger partial charge in [-0.05, 0) is 19.3 Å². The Hall–Kier alpha value is -1.67. The van der Waals surface area contributed by atoms with Crippen LogP contribution in [0.1, 0.15) is 93.4 Å². The molecule has 15 nitrogen and oxygen atoms in total. The molecule has 0 aliphatic carbocycles. The van der Waals surface area contributed by atoms with Gasteiger partial charge < -0.3 is 53.5 Å². The lowest BCUT2D eigenvalue weighted by atomic mass is 9.71. The van der Waals surface area contributed by atoms with Crippen LogP contribution in [-0.4, -0.2) is 128 Å². The summed E-state index contributed by atoms with van der Waals surface area (Å²) in [5, 5.41) is 12.8. The van der Waals surface area contributed by atoms with E-state index in [0.717, 1.165) is 25.7 Å². The summed E-state index contributed by atoms with van der Waals surface area (Å²) in [6.45, 7) is 12.4. The van der Waals surface area contributed by atoms with Crippen LogP contribution in [0, 0.1) is 11.8 Å². The molecular weight excluding hydrogens is 797 g/mol. The van der Waals surface area contributed by atoms with Crippen LogP contribution < -0.4 is 5.73 Å². The summed E-state index contributed by atoms with van der Waals surface area (Å²) < 4.78 is 53.5. The predicted molar refractivity (Wildman–Crippen MR) is 196 cm³/mol. The SMILES string of the molecule is CCCCOCC1O[C@@H](OC)C(OCCCC)[C@@H](C(O)[C@]2(C(N)=O)C[C@@H](OC(C)=O)[C@@H](C)C(C(I)C(COC(C)=O)OC(C)=O)O2)[C@H]1OCCCC. The number of aliphatic hydroxyl groups excluding tert-OH is 1. The van der Waals surface area contributed by atoms with E-state index < -0.39 is 94.2 Å². The van der Waals surface area contributed by atoms with Crippen molar-refractivity contribution < 1.29 is 66.9 Å². The second-order valence-electron chi connectivity index (χ2n) is 13.5. The Morgan fingerprint density at radius 2 is 1.52 bits per heavy atom. The number of amides is 1. The van der Waals surface area contributed by atoms with E-state index in [9.17, 15) is 24.3 Å². The number of esters is 3. The maximum atomic E-state index is 13.9. The molecule has 2 aliphatic heterocycles. The number of carbonyl (C=O) groups excluding carboxylic acids is 4. The molecule has 2 rings (SSSR count). The van der Waals surface area contributed by atoms with E-state index in [1.54, 1.807) is 6.92 Å². The smallest absolute Gasteiger partial charge is 0.303 e. The first-order valence-corrected chi connectivity index (χ1v) is 19.7. The third kappa shape index (κ3) is 13.0. The van der Waals surface area contributed by atoms with E-state index in [-0.39, 0.29) is 19.6 Å². The fourth-order valence-electron chi connectivity index (χ4n) is 6.64. The zero-order valence-electron chi connectivity index (χ0n) is 32.0. The van der Waals surface area contributed by atoms with E-state index in [1.165, 1.54) is 27.9 Å². The van der Waals surface area contributed by atoms with E-state index in [2.05, 4.69) is 6.92 Å². The normalized spacial score (nSPS) is 30.9. The molecule has 0 aromatic rings. The minimum atomic E-state index is -2.18. The maximum absolute atomic E-state index is 13.9. The highest BCUT2D eigenvalue weighted by molar-refractivity contribution is 14.1. The first-order valence-electron chi connectivity index (χ1n) is 18.5. The molecule has 0 aromatic heterocycles. The van der Waals surface area contributed by atoms with Crippen molar-refractivity contribution in [2.45, 2.75) is 152 Å². The van der Waals surface area contributed by atoms with Gasteiger partial charge in [-0.25, -0.2) is 0 Å². The monoisotopic (exact) mass is 859 g/mol. The van der Waals surface area contributed by atoms with Gasteiger partial charge in [0.05, 0.1) is 22.7 Å². The van der Waals surface area contributed by atoms with Gasteiger partial charge in [-0.3, -0.25) is 19.2 Å². The van der Waals surface area contributed by atoms with Crippen LogP contribution in [0.5, 0.6) is 0 Å². The van der Waals surface area contributed by atoms with Crippen LogP contribution >= 0.6 is 22.6 Å². The molecule has 302 valence electrons. The number of aliphatic hydroxyl groups is 1. The van der Waals surface area contributed by atoms with Gasteiger partial charge in [0.25, 0.3) is 5.91 Å². The van der Waals surface area contributed by atoms with Crippen LogP contribution in [0.2, 0.25) is 0 Å². The molecule has 16 heteroatoms. The van der Waals surface area contributed by atoms with Crippen LogP contribution in [0.4, 0.5) is 0 Å². The van der Waals surface area contributed by atoms with Crippen molar-refractivity contribution >= 4 is 46.4 Å². The zero-order valence-corrected chi connectivity index (χ0v) is 34.2. The molecule has 2 fully saturated rings. The molecule has 1 amide bonds. The molecule has 0 radical (unpaired) electrons. The molecule has 0 spiro atoms. The lowest BCUT2D eigenvalue weighted by Crippen LogP contribution is -2.71. The summed E-state index contributed by atoms with van der Waals surface area (Å²) in [7, 11) is 1.46.